The highest BCUT2D eigenvalue weighted by Crippen LogP contribution is 2.31. The minimum absolute atomic E-state index is 0.0570. The molecular weight excluding hydrogens is 248 g/mol. The van der Waals surface area contributed by atoms with E-state index in [4.69, 9.17) is 0 Å². The van der Waals surface area contributed by atoms with E-state index in [9.17, 15) is 4.79 Å². The van der Waals surface area contributed by atoms with Gasteiger partial charge in [0.15, 0.2) is 0 Å². The van der Waals surface area contributed by atoms with Gasteiger partial charge in [0, 0.05) is 23.8 Å². The van der Waals surface area contributed by atoms with Gasteiger partial charge in [0.25, 0.3) is 0 Å². The summed E-state index contributed by atoms with van der Waals surface area (Å²) >= 11 is 0. The topological polar surface area (TPSA) is 41.1 Å². The molecule has 1 aliphatic rings. The second kappa shape index (κ2) is 6.78. The third-order valence-corrected chi connectivity index (χ3v) is 4.35. The summed E-state index contributed by atoms with van der Waals surface area (Å²) in [5.74, 6) is 1.46. The van der Waals surface area contributed by atoms with E-state index in [-0.39, 0.29) is 5.91 Å². The molecule has 0 bridgehead atoms. The van der Waals surface area contributed by atoms with Crippen LogP contribution >= 0.6 is 0 Å². The van der Waals surface area contributed by atoms with E-state index < -0.39 is 0 Å². The molecule has 0 heterocycles. The Morgan fingerprint density at radius 3 is 2.50 bits per heavy atom. The maximum absolute atomic E-state index is 11.5. The Balaban J connectivity index is 2.05. The number of hydrogen-bond acceptors (Lipinski definition) is 2. The van der Waals surface area contributed by atoms with Gasteiger partial charge in [-0.1, -0.05) is 33.3 Å². The van der Waals surface area contributed by atoms with E-state index >= 15 is 0 Å². The molecule has 1 aromatic rings. The van der Waals surface area contributed by atoms with E-state index in [1.165, 1.54) is 19.3 Å². The normalized spacial score (nSPS) is 26.1. The zero-order valence-corrected chi connectivity index (χ0v) is 12.8. The van der Waals surface area contributed by atoms with Crippen LogP contribution in [-0.4, -0.2) is 11.9 Å². The number of hydrogen-bond donors (Lipinski definition) is 2. The lowest BCUT2D eigenvalue weighted by molar-refractivity contribution is -0.115. The van der Waals surface area contributed by atoms with Crippen LogP contribution in [0.1, 0.15) is 46.5 Å². The Hall–Kier alpha value is -1.51. The minimum Gasteiger partial charge on any atom is -0.382 e. The summed E-state index contributed by atoms with van der Waals surface area (Å²) in [7, 11) is 0. The SMILES string of the molecule is CCC(=O)Nc1cccc(NC2C(C)CCCC2C)c1. The Labute approximate surface area is 122 Å². The van der Waals surface area contributed by atoms with Gasteiger partial charge in [-0.3, -0.25) is 4.79 Å². The second-order valence-corrected chi connectivity index (χ2v) is 6.04. The summed E-state index contributed by atoms with van der Waals surface area (Å²) in [6.07, 6.45) is 4.45. The van der Waals surface area contributed by atoms with Crippen molar-refractivity contribution in [1.29, 1.82) is 0 Å². The predicted molar refractivity (Wildman–Crippen MR) is 85.0 cm³/mol. The van der Waals surface area contributed by atoms with Crippen molar-refractivity contribution < 1.29 is 4.79 Å². The first-order valence-electron chi connectivity index (χ1n) is 7.76. The molecule has 2 unspecified atom stereocenters. The van der Waals surface area contributed by atoms with Crippen molar-refractivity contribution >= 4 is 17.3 Å². The van der Waals surface area contributed by atoms with Crippen LogP contribution in [0.25, 0.3) is 0 Å². The van der Waals surface area contributed by atoms with Gasteiger partial charge in [0.2, 0.25) is 5.91 Å². The maximum Gasteiger partial charge on any atom is 0.224 e. The molecule has 1 aliphatic carbocycles. The van der Waals surface area contributed by atoms with Crippen LogP contribution in [0.5, 0.6) is 0 Å². The Bertz CT molecular complexity index is 448. The fourth-order valence-corrected chi connectivity index (χ4v) is 3.09. The Morgan fingerprint density at radius 1 is 1.20 bits per heavy atom. The molecule has 1 saturated carbocycles. The van der Waals surface area contributed by atoms with Crippen molar-refractivity contribution in [1.82, 2.24) is 0 Å². The van der Waals surface area contributed by atoms with Gasteiger partial charge in [-0.2, -0.15) is 0 Å². The molecule has 0 radical (unpaired) electrons. The van der Waals surface area contributed by atoms with Gasteiger partial charge < -0.3 is 10.6 Å². The first kappa shape index (κ1) is 14.9. The fourth-order valence-electron chi connectivity index (χ4n) is 3.09. The van der Waals surface area contributed by atoms with Gasteiger partial charge in [-0.05, 0) is 42.9 Å². The van der Waals surface area contributed by atoms with Crippen LogP contribution in [-0.2, 0) is 4.79 Å². The molecule has 0 saturated heterocycles. The predicted octanol–water partition coefficient (Wildman–Crippen LogP) is 4.27. The summed E-state index contributed by atoms with van der Waals surface area (Å²) in [6, 6.07) is 8.57. The van der Waals surface area contributed by atoms with Crippen molar-refractivity contribution in [2.24, 2.45) is 11.8 Å². The molecule has 1 amide bonds. The standard InChI is InChI=1S/C17H26N2O/c1-4-16(20)18-14-9-6-10-15(11-14)19-17-12(2)7-5-8-13(17)3/h6,9-13,17,19H,4-5,7-8H2,1-3H3,(H,18,20). The Morgan fingerprint density at radius 2 is 1.85 bits per heavy atom. The summed E-state index contributed by atoms with van der Waals surface area (Å²) in [4.78, 5) is 11.5. The maximum atomic E-state index is 11.5. The van der Waals surface area contributed by atoms with Gasteiger partial charge in [0.05, 0.1) is 0 Å². The van der Waals surface area contributed by atoms with Crippen LogP contribution in [0.2, 0.25) is 0 Å². The molecule has 20 heavy (non-hydrogen) atoms. The zero-order valence-electron chi connectivity index (χ0n) is 12.8. The molecule has 1 fully saturated rings. The fraction of sp³-hybridized carbons (Fsp3) is 0.588. The number of anilines is 2. The van der Waals surface area contributed by atoms with Crippen molar-refractivity contribution in [2.75, 3.05) is 10.6 Å². The summed E-state index contributed by atoms with van der Waals surface area (Å²) in [6.45, 7) is 6.52. The lowest BCUT2D eigenvalue weighted by Crippen LogP contribution is -2.37. The number of carbonyl (C=O) groups is 1. The average molecular weight is 274 g/mol. The summed E-state index contributed by atoms with van der Waals surface area (Å²) < 4.78 is 0. The molecule has 1 aromatic carbocycles. The highest BCUT2D eigenvalue weighted by molar-refractivity contribution is 5.90. The van der Waals surface area contributed by atoms with Crippen LogP contribution in [0.4, 0.5) is 11.4 Å². The first-order valence-corrected chi connectivity index (χ1v) is 7.76. The first-order chi connectivity index (χ1) is 9.60. The van der Waals surface area contributed by atoms with E-state index in [2.05, 4.69) is 30.5 Å². The molecule has 2 rings (SSSR count). The smallest absolute Gasteiger partial charge is 0.224 e. The second-order valence-electron chi connectivity index (χ2n) is 6.04. The number of amides is 1. The zero-order chi connectivity index (χ0) is 14.5. The molecule has 0 spiro atoms. The highest BCUT2D eigenvalue weighted by Gasteiger charge is 2.27. The summed E-state index contributed by atoms with van der Waals surface area (Å²) in [5, 5.41) is 6.57. The van der Waals surface area contributed by atoms with Crippen molar-refractivity contribution in [2.45, 2.75) is 52.5 Å². The number of nitrogens with one attached hydrogen (secondary N) is 2. The van der Waals surface area contributed by atoms with Crippen molar-refractivity contribution in [3.05, 3.63) is 24.3 Å². The van der Waals surface area contributed by atoms with Crippen LogP contribution in [0, 0.1) is 11.8 Å². The average Bonchev–Trinajstić information content (AvgIpc) is 2.43. The van der Waals surface area contributed by atoms with E-state index in [1.54, 1.807) is 0 Å². The van der Waals surface area contributed by atoms with Gasteiger partial charge >= 0.3 is 0 Å². The van der Waals surface area contributed by atoms with E-state index in [0.717, 1.165) is 11.4 Å². The molecule has 3 nitrogen and oxygen atoms in total. The monoisotopic (exact) mass is 274 g/mol. The largest absolute Gasteiger partial charge is 0.382 e. The van der Waals surface area contributed by atoms with Crippen LogP contribution in [0.15, 0.2) is 24.3 Å². The Kier molecular flexibility index (Phi) is 5.05. The molecular formula is C17H26N2O. The number of benzene rings is 1. The van der Waals surface area contributed by atoms with E-state index in [0.29, 0.717) is 24.3 Å². The van der Waals surface area contributed by atoms with Gasteiger partial charge in [-0.25, -0.2) is 0 Å². The summed E-state index contributed by atoms with van der Waals surface area (Å²) in [5.41, 5.74) is 1.97. The highest BCUT2D eigenvalue weighted by atomic mass is 16.1. The third kappa shape index (κ3) is 3.75. The third-order valence-electron chi connectivity index (χ3n) is 4.35. The lowest BCUT2D eigenvalue weighted by Gasteiger charge is -2.36. The quantitative estimate of drug-likeness (QED) is 0.860. The van der Waals surface area contributed by atoms with Crippen molar-refractivity contribution in [3.63, 3.8) is 0 Å². The van der Waals surface area contributed by atoms with Crippen LogP contribution in [0.3, 0.4) is 0 Å². The number of rotatable bonds is 4. The van der Waals surface area contributed by atoms with E-state index in [1.807, 2.05) is 25.1 Å². The minimum atomic E-state index is 0.0570. The molecule has 0 aromatic heterocycles. The number of carbonyl (C=O) groups excluding carboxylic acids is 1. The van der Waals surface area contributed by atoms with Gasteiger partial charge in [0.1, 0.15) is 0 Å². The molecule has 2 atom stereocenters. The van der Waals surface area contributed by atoms with Crippen LogP contribution < -0.4 is 10.6 Å². The van der Waals surface area contributed by atoms with Crippen molar-refractivity contribution in [3.8, 4) is 0 Å². The molecule has 2 N–H and O–H groups in total. The van der Waals surface area contributed by atoms with Gasteiger partial charge in [-0.15, -0.1) is 0 Å². The molecule has 3 heteroatoms. The molecule has 110 valence electrons. The lowest BCUT2D eigenvalue weighted by atomic mass is 9.78. The molecule has 0 aliphatic heterocycles.